The van der Waals surface area contributed by atoms with E-state index < -0.39 is 5.97 Å². The molecule has 1 aliphatic rings. The van der Waals surface area contributed by atoms with Crippen LogP contribution in [0.5, 0.6) is 5.75 Å². The van der Waals surface area contributed by atoms with Crippen LogP contribution in [0.1, 0.15) is 31.4 Å². The van der Waals surface area contributed by atoms with Crippen LogP contribution in [-0.4, -0.2) is 40.7 Å². The van der Waals surface area contributed by atoms with Gasteiger partial charge in [0.2, 0.25) is 0 Å². The van der Waals surface area contributed by atoms with Gasteiger partial charge >= 0.3 is 5.97 Å². The highest BCUT2D eigenvalue weighted by Gasteiger charge is 2.38. The summed E-state index contributed by atoms with van der Waals surface area (Å²) >= 11 is 3.40. The quantitative estimate of drug-likeness (QED) is 0.643. The zero-order chi connectivity index (χ0) is 20.3. The number of benzene rings is 2. The molecule has 5 heteroatoms. The molecule has 4 nitrogen and oxygen atoms in total. The normalized spacial score (nSPS) is 23.5. The van der Waals surface area contributed by atoms with E-state index in [0.29, 0.717) is 23.8 Å². The second-order valence-corrected chi connectivity index (χ2v) is 8.80. The Kier molecular flexibility index (Phi) is 6.26. The zero-order valence-electron chi connectivity index (χ0n) is 16.2. The van der Waals surface area contributed by atoms with E-state index in [1.165, 1.54) is 0 Å². The third-order valence-electron chi connectivity index (χ3n) is 5.95. The second kappa shape index (κ2) is 8.50. The number of carboxylic acids is 1. The topological polar surface area (TPSA) is 60.8 Å². The van der Waals surface area contributed by atoms with Gasteiger partial charge in [-0.3, -0.25) is 4.90 Å². The molecule has 0 saturated carbocycles. The Hall–Kier alpha value is -2.11. The van der Waals surface area contributed by atoms with Crippen molar-refractivity contribution in [3.8, 4) is 5.75 Å². The lowest BCUT2D eigenvalue weighted by Gasteiger charge is -2.45. The molecular formula is C23H26BrNO3. The molecule has 2 aromatic rings. The van der Waals surface area contributed by atoms with E-state index in [4.69, 9.17) is 0 Å². The number of hydrogen-bond acceptors (Lipinski definition) is 3. The van der Waals surface area contributed by atoms with Crippen LogP contribution < -0.4 is 0 Å². The molecule has 2 atom stereocenters. The minimum atomic E-state index is -0.878. The van der Waals surface area contributed by atoms with E-state index in [0.717, 1.165) is 35.1 Å². The third kappa shape index (κ3) is 4.65. The maximum absolute atomic E-state index is 11.8. The van der Waals surface area contributed by atoms with Crippen LogP contribution in [0.15, 0.2) is 58.6 Å². The summed E-state index contributed by atoms with van der Waals surface area (Å²) in [5.41, 5.74) is 2.39. The molecular weight excluding hydrogens is 418 g/mol. The van der Waals surface area contributed by atoms with Crippen LogP contribution in [0, 0.1) is 5.92 Å². The van der Waals surface area contributed by atoms with Gasteiger partial charge < -0.3 is 10.2 Å². The molecule has 3 rings (SSSR count). The number of carbonyl (C=O) groups is 1. The summed E-state index contributed by atoms with van der Waals surface area (Å²) in [5, 5.41) is 19.5. The number of likely N-dealkylation sites (tertiary alicyclic amines) is 1. The van der Waals surface area contributed by atoms with Crippen molar-refractivity contribution >= 4 is 28.0 Å². The van der Waals surface area contributed by atoms with Crippen LogP contribution >= 0.6 is 15.9 Å². The van der Waals surface area contributed by atoms with Gasteiger partial charge in [-0.25, -0.2) is 4.79 Å². The van der Waals surface area contributed by atoms with E-state index in [2.05, 4.69) is 40.7 Å². The van der Waals surface area contributed by atoms with Gasteiger partial charge in [-0.05, 0) is 65.8 Å². The molecule has 0 unspecified atom stereocenters. The monoisotopic (exact) mass is 443 g/mol. The molecule has 0 radical (unpaired) electrons. The second-order valence-electron chi connectivity index (χ2n) is 7.88. The fraction of sp³-hybridized carbons (Fsp3) is 0.348. The molecule has 28 heavy (non-hydrogen) atoms. The summed E-state index contributed by atoms with van der Waals surface area (Å²) in [6.07, 6.45) is 2.67. The number of rotatable bonds is 5. The zero-order valence-corrected chi connectivity index (χ0v) is 17.8. The number of hydrogen-bond donors (Lipinski definition) is 2. The number of nitrogens with zero attached hydrogens (tertiary/aromatic N) is 1. The summed E-state index contributed by atoms with van der Waals surface area (Å²) < 4.78 is 0.970. The third-order valence-corrected chi connectivity index (χ3v) is 6.48. The van der Waals surface area contributed by atoms with Crippen LogP contribution in [0.25, 0.3) is 6.08 Å². The predicted molar refractivity (Wildman–Crippen MR) is 115 cm³/mol. The average Bonchev–Trinajstić information content (AvgIpc) is 2.66. The van der Waals surface area contributed by atoms with Gasteiger partial charge in [-0.15, -0.1) is 0 Å². The van der Waals surface area contributed by atoms with E-state index >= 15 is 0 Å². The van der Waals surface area contributed by atoms with Crippen molar-refractivity contribution in [2.45, 2.75) is 25.7 Å². The summed E-state index contributed by atoms with van der Waals surface area (Å²) in [4.78, 5) is 14.0. The van der Waals surface area contributed by atoms with Crippen molar-refractivity contribution in [3.63, 3.8) is 0 Å². The van der Waals surface area contributed by atoms with Crippen molar-refractivity contribution in [2.24, 2.45) is 5.92 Å². The first-order valence-corrected chi connectivity index (χ1v) is 10.3. The Balaban J connectivity index is 1.73. The maximum Gasteiger partial charge on any atom is 0.332 e. The summed E-state index contributed by atoms with van der Waals surface area (Å²) in [5.74, 6) is -0.249. The molecule has 1 heterocycles. The Morgan fingerprint density at radius 1 is 1.29 bits per heavy atom. The molecule has 1 saturated heterocycles. The van der Waals surface area contributed by atoms with Crippen molar-refractivity contribution in [1.82, 2.24) is 4.90 Å². The maximum atomic E-state index is 11.8. The highest BCUT2D eigenvalue weighted by molar-refractivity contribution is 9.10. The van der Waals surface area contributed by atoms with Gasteiger partial charge in [0.1, 0.15) is 5.75 Å². The number of halogens is 1. The minimum Gasteiger partial charge on any atom is -0.508 e. The molecule has 0 amide bonds. The van der Waals surface area contributed by atoms with Gasteiger partial charge in [0.25, 0.3) is 0 Å². The van der Waals surface area contributed by atoms with E-state index in [-0.39, 0.29) is 5.41 Å². The fourth-order valence-corrected chi connectivity index (χ4v) is 4.19. The predicted octanol–water partition coefficient (Wildman–Crippen LogP) is 4.92. The first kappa shape index (κ1) is 20.6. The van der Waals surface area contributed by atoms with Crippen LogP contribution in [-0.2, 0) is 10.2 Å². The van der Waals surface area contributed by atoms with Crippen LogP contribution in [0.3, 0.4) is 0 Å². The minimum absolute atomic E-state index is 0.0337. The van der Waals surface area contributed by atoms with Crippen LogP contribution in [0.2, 0.25) is 0 Å². The van der Waals surface area contributed by atoms with Gasteiger partial charge in [-0.1, -0.05) is 54.0 Å². The first-order valence-electron chi connectivity index (χ1n) is 9.49. The lowest BCUT2D eigenvalue weighted by atomic mass is 9.68. The Bertz CT molecular complexity index is 878. The molecule has 2 aromatic carbocycles. The van der Waals surface area contributed by atoms with Gasteiger partial charge in [0, 0.05) is 17.6 Å². The number of phenols is 1. The summed E-state index contributed by atoms with van der Waals surface area (Å²) in [6.45, 7) is 6.50. The smallest absolute Gasteiger partial charge is 0.332 e. The Morgan fingerprint density at radius 2 is 2.00 bits per heavy atom. The SMILES string of the molecule is C[C@H]1CN(CC(=Cc2ccc(Br)cc2)C(=O)O)CC[C@@]1(C)c1cccc(O)c1. The standard InChI is InChI=1S/C23H26BrNO3/c1-16-14-25(11-10-23(16,2)19-4-3-5-21(26)13-19)15-18(22(27)28)12-17-6-8-20(24)9-7-17/h3-9,12-13,16,26H,10-11,14-15H2,1-2H3,(H,27,28)/t16-,23+/m0/s1. The van der Waals surface area contributed by atoms with Gasteiger partial charge in [0.05, 0.1) is 5.57 Å². The molecule has 0 aliphatic carbocycles. The van der Waals surface area contributed by atoms with Crippen molar-refractivity contribution in [2.75, 3.05) is 19.6 Å². The highest BCUT2D eigenvalue weighted by Crippen LogP contribution is 2.40. The number of carboxylic acid groups (broad SMARTS) is 1. The summed E-state index contributed by atoms with van der Waals surface area (Å²) in [6, 6.07) is 15.1. The number of piperidine rings is 1. The van der Waals surface area contributed by atoms with Gasteiger partial charge in [0.15, 0.2) is 0 Å². The molecule has 1 aliphatic heterocycles. The molecule has 148 valence electrons. The molecule has 0 bridgehead atoms. The lowest BCUT2D eigenvalue weighted by molar-refractivity contribution is -0.132. The number of phenolic OH excluding ortho intramolecular Hbond substituents is 1. The van der Waals surface area contributed by atoms with E-state index in [1.54, 1.807) is 12.1 Å². The van der Waals surface area contributed by atoms with Crippen molar-refractivity contribution in [3.05, 3.63) is 69.7 Å². The van der Waals surface area contributed by atoms with Crippen molar-refractivity contribution < 1.29 is 15.0 Å². The van der Waals surface area contributed by atoms with Gasteiger partial charge in [-0.2, -0.15) is 0 Å². The Morgan fingerprint density at radius 3 is 2.61 bits per heavy atom. The average molecular weight is 444 g/mol. The Labute approximate surface area is 174 Å². The molecule has 0 spiro atoms. The summed E-state index contributed by atoms with van der Waals surface area (Å²) in [7, 11) is 0. The van der Waals surface area contributed by atoms with Crippen molar-refractivity contribution in [1.29, 1.82) is 0 Å². The number of aliphatic carboxylic acids is 1. The fourth-order valence-electron chi connectivity index (χ4n) is 3.93. The van der Waals surface area contributed by atoms with E-state index in [9.17, 15) is 15.0 Å². The molecule has 2 N–H and O–H groups in total. The molecule has 1 fully saturated rings. The highest BCUT2D eigenvalue weighted by atomic mass is 79.9. The lowest BCUT2D eigenvalue weighted by Crippen LogP contribution is -2.48. The van der Waals surface area contributed by atoms with Crippen LogP contribution in [0.4, 0.5) is 0 Å². The first-order chi connectivity index (χ1) is 13.3. The number of aromatic hydroxyl groups is 1. The van der Waals surface area contributed by atoms with E-state index in [1.807, 2.05) is 36.4 Å². The largest absolute Gasteiger partial charge is 0.508 e. The molecule has 0 aromatic heterocycles.